The Hall–Kier alpha value is -2.82. The summed E-state index contributed by atoms with van der Waals surface area (Å²) in [5.74, 6) is 0.643. The topological polar surface area (TPSA) is 58.6 Å². The fraction of sp³-hybridized carbons (Fsp3) is 0.333. The third-order valence-corrected chi connectivity index (χ3v) is 4.82. The molecule has 0 bridgehead atoms. The Morgan fingerprint density at radius 2 is 1.81 bits per heavy atom. The number of amides is 2. The minimum absolute atomic E-state index is 0.00702. The van der Waals surface area contributed by atoms with E-state index in [0.717, 1.165) is 18.4 Å². The quantitative estimate of drug-likeness (QED) is 0.920. The lowest BCUT2D eigenvalue weighted by molar-refractivity contribution is 0.0697. The van der Waals surface area contributed by atoms with Gasteiger partial charge in [-0.2, -0.15) is 0 Å². The zero-order chi connectivity index (χ0) is 18.5. The molecule has 0 unspecified atom stereocenters. The van der Waals surface area contributed by atoms with E-state index in [-0.39, 0.29) is 17.9 Å². The molecule has 1 fully saturated rings. The van der Waals surface area contributed by atoms with E-state index >= 15 is 0 Å². The summed E-state index contributed by atoms with van der Waals surface area (Å²) in [6.45, 7) is 3.20. The number of likely N-dealkylation sites (tertiary alicyclic amines) is 1. The van der Waals surface area contributed by atoms with E-state index in [9.17, 15) is 9.59 Å². The van der Waals surface area contributed by atoms with Gasteiger partial charge >= 0.3 is 0 Å². The Labute approximate surface area is 154 Å². The van der Waals surface area contributed by atoms with Gasteiger partial charge in [0.2, 0.25) is 0 Å². The summed E-state index contributed by atoms with van der Waals surface area (Å²) in [4.78, 5) is 26.9. The number of rotatable bonds is 4. The number of nitrogens with zero attached hydrogens (tertiary/aromatic N) is 1. The summed E-state index contributed by atoms with van der Waals surface area (Å²) in [5, 5.41) is 3.10. The van der Waals surface area contributed by atoms with Crippen LogP contribution in [0.25, 0.3) is 0 Å². The molecule has 1 N–H and O–H groups in total. The zero-order valence-corrected chi connectivity index (χ0v) is 15.2. The summed E-state index contributed by atoms with van der Waals surface area (Å²) in [6, 6.07) is 14.9. The van der Waals surface area contributed by atoms with E-state index in [1.54, 1.807) is 19.2 Å². The van der Waals surface area contributed by atoms with Crippen molar-refractivity contribution in [1.82, 2.24) is 10.2 Å². The van der Waals surface area contributed by atoms with Crippen LogP contribution in [0.1, 0.15) is 39.1 Å². The maximum absolute atomic E-state index is 12.6. The van der Waals surface area contributed by atoms with Gasteiger partial charge in [-0.1, -0.05) is 24.3 Å². The number of ether oxygens (including phenoxy) is 1. The SMILES string of the molecule is COc1cccc(C(=O)N2CCC(NC(=O)c3ccccc3C)CC2)c1. The van der Waals surface area contributed by atoms with Gasteiger partial charge in [0.1, 0.15) is 5.75 Å². The van der Waals surface area contributed by atoms with Crippen LogP contribution in [0.3, 0.4) is 0 Å². The summed E-state index contributed by atoms with van der Waals surface area (Å²) < 4.78 is 5.19. The van der Waals surface area contributed by atoms with E-state index in [1.807, 2.05) is 48.2 Å². The Balaban J connectivity index is 1.56. The third-order valence-electron chi connectivity index (χ3n) is 4.82. The molecule has 0 spiro atoms. The molecule has 0 aliphatic carbocycles. The second-order valence-corrected chi connectivity index (χ2v) is 6.59. The minimum Gasteiger partial charge on any atom is -0.497 e. The Kier molecular flexibility index (Phi) is 5.56. The van der Waals surface area contributed by atoms with E-state index in [2.05, 4.69) is 5.32 Å². The van der Waals surface area contributed by atoms with Gasteiger partial charge in [-0.3, -0.25) is 9.59 Å². The van der Waals surface area contributed by atoms with E-state index in [4.69, 9.17) is 4.74 Å². The van der Waals surface area contributed by atoms with Crippen molar-refractivity contribution in [2.45, 2.75) is 25.8 Å². The molecule has 2 aromatic rings. The summed E-state index contributed by atoms with van der Waals surface area (Å²) in [6.07, 6.45) is 1.51. The fourth-order valence-electron chi connectivity index (χ4n) is 3.26. The van der Waals surface area contributed by atoms with Crippen LogP contribution < -0.4 is 10.1 Å². The lowest BCUT2D eigenvalue weighted by atomic mass is 10.0. The predicted octanol–water partition coefficient (Wildman–Crippen LogP) is 3.04. The monoisotopic (exact) mass is 352 g/mol. The number of aryl methyl sites for hydroxylation is 1. The molecule has 0 radical (unpaired) electrons. The van der Waals surface area contributed by atoms with Crippen molar-refractivity contribution in [3.8, 4) is 5.75 Å². The molecule has 1 aliphatic heterocycles. The number of nitrogens with one attached hydrogen (secondary N) is 1. The number of carbonyl (C=O) groups excluding carboxylic acids is 2. The predicted molar refractivity (Wildman–Crippen MR) is 101 cm³/mol. The van der Waals surface area contributed by atoms with Crippen molar-refractivity contribution in [3.63, 3.8) is 0 Å². The van der Waals surface area contributed by atoms with Crippen LogP contribution in [0, 0.1) is 6.92 Å². The van der Waals surface area contributed by atoms with Gasteiger partial charge in [0.25, 0.3) is 11.8 Å². The van der Waals surface area contributed by atoms with Gasteiger partial charge in [-0.15, -0.1) is 0 Å². The average Bonchev–Trinajstić information content (AvgIpc) is 2.68. The first-order valence-corrected chi connectivity index (χ1v) is 8.88. The largest absolute Gasteiger partial charge is 0.497 e. The summed E-state index contributed by atoms with van der Waals surface area (Å²) in [5.41, 5.74) is 2.31. The smallest absolute Gasteiger partial charge is 0.253 e. The van der Waals surface area contributed by atoms with Crippen molar-refractivity contribution in [3.05, 3.63) is 65.2 Å². The van der Waals surface area contributed by atoms with Gasteiger partial charge in [0.15, 0.2) is 0 Å². The normalized spacial score (nSPS) is 14.8. The molecule has 3 rings (SSSR count). The van der Waals surface area contributed by atoms with Crippen LogP contribution in [0.2, 0.25) is 0 Å². The number of carbonyl (C=O) groups is 2. The van der Waals surface area contributed by atoms with E-state index < -0.39 is 0 Å². The first-order valence-electron chi connectivity index (χ1n) is 8.88. The molecule has 2 amide bonds. The molecule has 2 aromatic carbocycles. The highest BCUT2D eigenvalue weighted by molar-refractivity contribution is 5.96. The molecular formula is C21H24N2O3. The van der Waals surface area contributed by atoms with Crippen LogP contribution in [-0.4, -0.2) is 43.0 Å². The van der Waals surface area contributed by atoms with Crippen molar-refractivity contribution < 1.29 is 14.3 Å². The molecule has 5 heteroatoms. The molecule has 0 atom stereocenters. The number of methoxy groups -OCH3 is 1. The number of hydrogen-bond donors (Lipinski definition) is 1. The Morgan fingerprint density at radius 3 is 2.50 bits per heavy atom. The second kappa shape index (κ2) is 8.04. The van der Waals surface area contributed by atoms with E-state index in [0.29, 0.717) is 30.0 Å². The molecule has 1 aliphatic rings. The minimum atomic E-state index is -0.0410. The highest BCUT2D eigenvalue weighted by Gasteiger charge is 2.25. The van der Waals surface area contributed by atoms with Crippen LogP contribution in [0.5, 0.6) is 5.75 Å². The molecule has 0 saturated carbocycles. The number of benzene rings is 2. The van der Waals surface area contributed by atoms with Crippen LogP contribution in [-0.2, 0) is 0 Å². The van der Waals surface area contributed by atoms with Gasteiger partial charge in [-0.05, 0) is 49.6 Å². The highest BCUT2D eigenvalue weighted by atomic mass is 16.5. The molecule has 5 nitrogen and oxygen atoms in total. The number of hydrogen-bond acceptors (Lipinski definition) is 3. The lowest BCUT2D eigenvalue weighted by Gasteiger charge is -2.32. The molecule has 136 valence electrons. The summed E-state index contributed by atoms with van der Waals surface area (Å²) in [7, 11) is 1.59. The average molecular weight is 352 g/mol. The molecule has 0 aromatic heterocycles. The first kappa shape index (κ1) is 18.0. The Morgan fingerprint density at radius 1 is 1.08 bits per heavy atom. The van der Waals surface area contributed by atoms with Gasteiger partial charge in [-0.25, -0.2) is 0 Å². The highest BCUT2D eigenvalue weighted by Crippen LogP contribution is 2.18. The molecule has 1 heterocycles. The van der Waals surface area contributed by atoms with Crippen LogP contribution >= 0.6 is 0 Å². The zero-order valence-electron chi connectivity index (χ0n) is 15.2. The number of piperidine rings is 1. The van der Waals surface area contributed by atoms with Crippen LogP contribution in [0.15, 0.2) is 48.5 Å². The van der Waals surface area contributed by atoms with Crippen molar-refractivity contribution >= 4 is 11.8 Å². The fourth-order valence-corrected chi connectivity index (χ4v) is 3.26. The van der Waals surface area contributed by atoms with Crippen molar-refractivity contribution in [1.29, 1.82) is 0 Å². The van der Waals surface area contributed by atoms with Crippen LogP contribution in [0.4, 0.5) is 0 Å². The standard InChI is InChI=1S/C21H24N2O3/c1-15-6-3-4-9-19(15)20(24)22-17-10-12-23(13-11-17)21(25)16-7-5-8-18(14-16)26-2/h3-9,14,17H,10-13H2,1-2H3,(H,22,24). The second-order valence-electron chi connectivity index (χ2n) is 6.59. The summed E-state index contributed by atoms with van der Waals surface area (Å²) >= 11 is 0. The Bertz CT molecular complexity index is 795. The maximum atomic E-state index is 12.6. The van der Waals surface area contributed by atoms with Crippen molar-refractivity contribution in [2.24, 2.45) is 0 Å². The van der Waals surface area contributed by atoms with Gasteiger partial charge < -0.3 is 15.0 Å². The molecule has 26 heavy (non-hydrogen) atoms. The molecule has 1 saturated heterocycles. The first-order chi connectivity index (χ1) is 12.6. The van der Waals surface area contributed by atoms with E-state index in [1.165, 1.54) is 0 Å². The third kappa shape index (κ3) is 4.04. The van der Waals surface area contributed by atoms with Gasteiger partial charge in [0, 0.05) is 30.3 Å². The lowest BCUT2D eigenvalue weighted by Crippen LogP contribution is -2.46. The molecular weight excluding hydrogens is 328 g/mol. The van der Waals surface area contributed by atoms with Crippen molar-refractivity contribution in [2.75, 3.05) is 20.2 Å². The van der Waals surface area contributed by atoms with Gasteiger partial charge in [0.05, 0.1) is 7.11 Å². The maximum Gasteiger partial charge on any atom is 0.253 e.